The van der Waals surface area contributed by atoms with Crippen LogP contribution in [0.2, 0.25) is 0 Å². The van der Waals surface area contributed by atoms with Crippen LogP contribution in [0.5, 0.6) is 0 Å². The minimum absolute atomic E-state index is 0.283. The van der Waals surface area contributed by atoms with Crippen LogP contribution >= 0.6 is 0 Å². The molecule has 0 aliphatic rings. The number of H-pyrrole nitrogens is 1. The van der Waals surface area contributed by atoms with Crippen LogP contribution in [-0.2, 0) is 0 Å². The zero-order chi connectivity index (χ0) is 13.9. The molecule has 1 N–H and O–H groups in total. The maximum Gasteiger partial charge on any atom is 0.419 e. The summed E-state index contributed by atoms with van der Waals surface area (Å²) in [6.07, 6.45) is 0. The highest BCUT2D eigenvalue weighted by molar-refractivity contribution is 5.78. The average molecular weight is 265 g/mol. The van der Waals surface area contributed by atoms with Crippen molar-refractivity contribution in [1.29, 1.82) is 0 Å². The molecule has 0 fully saturated rings. The summed E-state index contributed by atoms with van der Waals surface area (Å²) < 4.78 is 5.22. The molecule has 0 radical (unpaired) electrons. The van der Waals surface area contributed by atoms with Gasteiger partial charge in [-0.3, -0.25) is 9.78 Å². The minimum atomic E-state index is -0.756. The van der Waals surface area contributed by atoms with Crippen molar-refractivity contribution in [3.8, 4) is 22.5 Å². The second-order valence-corrected chi connectivity index (χ2v) is 4.28. The summed E-state index contributed by atoms with van der Waals surface area (Å²) in [5.41, 5.74) is 1.30. The molecule has 0 aliphatic carbocycles. The molecule has 3 aromatic rings. The zero-order valence-corrected chi connectivity index (χ0v) is 10.5. The van der Waals surface area contributed by atoms with Crippen LogP contribution in [0, 0.1) is 0 Å². The molecule has 1 heterocycles. The van der Waals surface area contributed by atoms with Crippen LogP contribution in [0.1, 0.15) is 0 Å². The van der Waals surface area contributed by atoms with E-state index in [-0.39, 0.29) is 5.76 Å². The Morgan fingerprint density at radius 2 is 1.30 bits per heavy atom. The summed E-state index contributed by atoms with van der Waals surface area (Å²) in [5.74, 6) is -0.473. The summed E-state index contributed by atoms with van der Waals surface area (Å²) in [6.45, 7) is 0. The summed E-state index contributed by atoms with van der Waals surface area (Å²) in [6, 6.07) is 18.2. The molecule has 4 nitrogen and oxygen atoms in total. The third-order valence-electron chi connectivity index (χ3n) is 2.96. The van der Waals surface area contributed by atoms with Gasteiger partial charge in [0.15, 0.2) is 5.76 Å². The largest absolute Gasteiger partial charge is 0.419 e. The fourth-order valence-electron chi connectivity index (χ4n) is 2.09. The molecular formula is C16H11NO3. The predicted molar refractivity (Wildman–Crippen MR) is 76.5 cm³/mol. The summed E-state index contributed by atoms with van der Waals surface area (Å²) in [7, 11) is 0. The van der Waals surface area contributed by atoms with E-state index < -0.39 is 11.3 Å². The number of aromatic nitrogens is 1. The molecule has 20 heavy (non-hydrogen) atoms. The van der Waals surface area contributed by atoms with E-state index >= 15 is 0 Å². The molecule has 0 atom stereocenters. The lowest BCUT2D eigenvalue weighted by atomic mass is 10.0. The Balaban J connectivity index is 2.35. The van der Waals surface area contributed by atoms with Gasteiger partial charge in [0.1, 0.15) is 0 Å². The lowest BCUT2D eigenvalue weighted by molar-refractivity contribution is 0.496. The first-order chi connectivity index (χ1) is 9.75. The van der Waals surface area contributed by atoms with Gasteiger partial charge in [0.05, 0.1) is 5.56 Å². The zero-order valence-electron chi connectivity index (χ0n) is 10.5. The van der Waals surface area contributed by atoms with Gasteiger partial charge in [-0.2, -0.15) is 0 Å². The standard InChI is InChI=1S/C16H11NO3/c18-15-13(11-7-3-1-4-8-11)14(20-16(19)17-15)12-9-5-2-6-10-12/h1-10H,(H,17,18,19). The van der Waals surface area contributed by atoms with Crippen molar-refractivity contribution in [2.45, 2.75) is 0 Å². The molecule has 0 saturated heterocycles. The van der Waals surface area contributed by atoms with Crippen LogP contribution in [0.3, 0.4) is 0 Å². The van der Waals surface area contributed by atoms with E-state index in [1.807, 2.05) is 36.4 Å². The Morgan fingerprint density at radius 1 is 0.750 bits per heavy atom. The number of aromatic amines is 1. The van der Waals surface area contributed by atoms with Crippen LogP contribution in [-0.4, -0.2) is 4.98 Å². The van der Waals surface area contributed by atoms with Crippen molar-refractivity contribution in [2.24, 2.45) is 0 Å². The SMILES string of the molecule is O=c1[nH]c(=O)c(-c2ccccc2)c(-c2ccccc2)o1. The molecule has 0 bridgehead atoms. The first-order valence-corrected chi connectivity index (χ1v) is 6.14. The lowest BCUT2D eigenvalue weighted by Gasteiger charge is -2.06. The second kappa shape index (κ2) is 5.01. The molecule has 0 amide bonds. The quantitative estimate of drug-likeness (QED) is 0.774. The van der Waals surface area contributed by atoms with Gasteiger partial charge >= 0.3 is 5.76 Å². The fraction of sp³-hybridized carbons (Fsp3) is 0. The van der Waals surface area contributed by atoms with E-state index in [2.05, 4.69) is 4.98 Å². The molecule has 1 aromatic heterocycles. The minimum Gasteiger partial charge on any atom is -0.409 e. The first kappa shape index (κ1) is 12.2. The van der Waals surface area contributed by atoms with Gasteiger partial charge in [-0.25, -0.2) is 4.79 Å². The van der Waals surface area contributed by atoms with Crippen molar-refractivity contribution in [1.82, 2.24) is 4.98 Å². The highest BCUT2D eigenvalue weighted by Crippen LogP contribution is 2.27. The van der Waals surface area contributed by atoms with Gasteiger partial charge in [-0.05, 0) is 5.56 Å². The average Bonchev–Trinajstić information content (AvgIpc) is 2.48. The number of hydrogen-bond acceptors (Lipinski definition) is 3. The second-order valence-electron chi connectivity index (χ2n) is 4.28. The van der Waals surface area contributed by atoms with E-state index in [0.29, 0.717) is 16.7 Å². The van der Waals surface area contributed by atoms with E-state index in [1.54, 1.807) is 24.3 Å². The molecule has 0 spiro atoms. The van der Waals surface area contributed by atoms with Gasteiger partial charge in [0, 0.05) is 5.56 Å². The highest BCUT2D eigenvalue weighted by Gasteiger charge is 2.15. The Hall–Kier alpha value is -2.88. The third kappa shape index (κ3) is 2.19. The van der Waals surface area contributed by atoms with Crippen molar-refractivity contribution in [3.05, 3.63) is 81.6 Å². The van der Waals surface area contributed by atoms with E-state index in [4.69, 9.17) is 4.42 Å². The fourth-order valence-corrected chi connectivity index (χ4v) is 2.09. The Morgan fingerprint density at radius 3 is 1.90 bits per heavy atom. The normalized spacial score (nSPS) is 10.4. The lowest BCUT2D eigenvalue weighted by Crippen LogP contribution is -2.20. The Labute approximate surface area is 114 Å². The Kier molecular flexibility index (Phi) is 3.05. The maximum atomic E-state index is 12.1. The predicted octanol–water partition coefficient (Wildman–Crippen LogP) is 2.66. The number of rotatable bonds is 2. The van der Waals surface area contributed by atoms with Crippen LogP contribution in [0.15, 0.2) is 74.7 Å². The molecule has 3 rings (SSSR count). The van der Waals surface area contributed by atoms with Crippen molar-refractivity contribution in [2.75, 3.05) is 0 Å². The number of nitrogens with one attached hydrogen (secondary N) is 1. The van der Waals surface area contributed by atoms with Crippen LogP contribution < -0.4 is 11.3 Å². The van der Waals surface area contributed by atoms with Gasteiger partial charge in [-0.1, -0.05) is 60.7 Å². The third-order valence-corrected chi connectivity index (χ3v) is 2.96. The van der Waals surface area contributed by atoms with E-state index in [9.17, 15) is 9.59 Å². The van der Waals surface area contributed by atoms with Crippen LogP contribution in [0.4, 0.5) is 0 Å². The number of benzene rings is 2. The monoisotopic (exact) mass is 265 g/mol. The van der Waals surface area contributed by atoms with Gasteiger partial charge in [-0.15, -0.1) is 0 Å². The topological polar surface area (TPSA) is 63.1 Å². The van der Waals surface area contributed by atoms with E-state index in [0.717, 1.165) is 0 Å². The summed E-state index contributed by atoms with van der Waals surface area (Å²) in [5, 5.41) is 0. The first-order valence-electron chi connectivity index (χ1n) is 6.14. The van der Waals surface area contributed by atoms with Crippen molar-refractivity contribution < 1.29 is 4.42 Å². The number of hydrogen-bond donors (Lipinski definition) is 1. The van der Waals surface area contributed by atoms with Crippen molar-refractivity contribution in [3.63, 3.8) is 0 Å². The molecule has 4 heteroatoms. The van der Waals surface area contributed by atoms with Gasteiger partial charge in [0.2, 0.25) is 0 Å². The molecular weight excluding hydrogens is 254 g/mol. The summed E-state index contributed by atoms with van der Waals surface area (Å²) in [4.78, 5) is 25.7. The van der Waals surface area contributed by atoms with Crippen molar-refractivity contribution >= 4 is 0 Å². The molecule has 0 saturated carbocycles. The molecule has 98 valence electrons. The maximum absolute atomic E-state index is 12.1. The highest BCUT2D eigenvalue weighted by atomic mass is 16.4. The Bertz CT molecular complexity index is 833. The van der Waals surface area contributed by atoms with E-state index in [1.165, 1.54) is 0 Å². The molecule has 0 aliphatic heterocycles. The summed E-state index contributed by atoms with van der Waals surface area (Å²) >= 11 is 0. The van der Waals surface area contributed by atoms with Gasteiger partial charge in [0.25, 0.3) is 5.56 Å². The van der Waals surface area contributed by atoms with Gasteiger partial charge < -0.3 is 4.42 Å². The smallest absolute Gasteiger partial charge is 0.409 e. The van der Waals surface area contributed by atoms with Crippen LogP contribution in [0.25, 0.3) is 22.5 Å². The molecule has 0 unspecified atom stereocenters. The molecule has 2 aromatic carbocycles.